The largest absolute Gasteiger partial charge is 0.497 e. The van der Waals surface area contributed by atoms with Crippen molar-refractivity contribution in [3.8, 4) is 5.75 Å². The van der Waals surface area contributed by atoms with Crippen LogP contribution in [0.25, 0.3) is 10.9 Å². The highest BCUT2D eigenvalue weighted by Crippen LogP contribution is 2.45. The molecule has 2 N–H and O–H groups in total. The number of aromatic amines is 1. The Bertz CT molecular complexity index is 1230. The Labute approximate surface area is 211 Å². The molecular formula is C28H33N3O5. The van der Waals surface area contributed by atoms with Gasteiger partial charge in [0.15, 0.2) is 0 Å². The van der Waals surface area contributed by atoms with Crippen molar-refractivity contribution in [1.82, 2.24) is 10.3 Å². The molecule has 3 aromatic rings. The number of amides is 2. The third kappa shape index (κ3) is 4.80. The molecule has 36 heavy (non-hydrogen) atoms. The summed E-state index contributed by atoms with van der Waals surface area (Å²) in [5.41, 5.74) is 1.11. The van der Waals surface area contributed by atoms with Crippen LogP contribution in [0.5, 0.6) is 5.75 Å². The summed E-state index contributed by atoms with van der Waals surface area (Å²) in [6.45, 7) is 4.60. The number of hydrogen-bond acceptors (Lipinski definition) is 5. The first-order valence-electron chi connectivity index (χ1n) is 12.5. The first-order chi connectivity index (χ1) is 17.4. The van der Waals surface area contributed by atoms with E-state index in [0.717, 1.165) is 30.2 Å². The molecule has 1 aliphatic heterocycles. The number of H-pyrrole nitrogens is 1. The van der Waals surface area contributed by atoms with Crippen molar-refractivity contribution in [2.45, 2.75) is 51.5 Å². The molecule has 0 saturated carbocycles. The number of fused-ring (bicyclic) bond motifs is 2. The minimum Gasteiger partial charge on any atom is -0.497 e. The number of carbonyl (C=O) groups excluding carboxylic acids is 3. The van der Waals surface area contributed by atoms with Gasteiger partial charge in [0.1, 0.15) is 17.0 Å². The van der Waals surface area contributed by atoms with Crippen molar-refractivity contribution in [2.75, 3.05) is 25.2 Å². The Kier molecular flexibility index (Phi) is 7.62. The van der Waals surface area contributed by atoms with Crippen LogP contribution in [0, 0.1) is 0 Å². The van der Waals surface area contributed by atoms with Gasteiger partial charge in [-0.05, 0) is 38.0 Å². The van der Waals surface area contributed by atoms with Crippen LogP contribution in [0.1, 0.15) is 62.0 Å². The normalized spacial score (nSPS) is 16.8. The minimum atomic E-state index is -1.41. The molecule has 0 radical (unpaired) electrons. The number of ether oxygens (including phenoxy) is 2. The maximum Gasteiger partial charge on any atom is 0.305 e. The summed E-state index contributed by atoms with van der Waals surface area (Å²) < 4.78 is 10.6. The van der Waals surface area contributed by atoms with Gasteiger partial charge in [0, 0.05) is 35.5 Å². The molecule has 0 aliphatic carbocycles. The molecule has 190 valence electrons. The van der Waals surface area contributed by atoms with Crippen molar-refractivity contribution in [1.29, 1.82) is 0 Å². The SMILES string of the molecule is CCCCCN1C(=O)C(CCC(=O)OCC)(NC(=O)c2cc3ccccc3[nH]2)c2ccc(OC)cc21. The van der Waals surface area contributed by atoms with Gasteiger partial charge in [-0.2, -0.15) is 0 Å². The zero-order valence-electron chi connectivity index (χ0n) is 21.1. The van der Waals surface area contributed by atoms with Gasteiger partial charge in [0.2, 0.25) is 0 Å². The number of para-hydroxylation sites is 1. The molecule has 2 heterocycles. The molecule has 0 fully saturated rings. The minimum absolute atomic E-state index is 0.0131. The third-order valence-electron chi connectivity index (χ3n) is 6.66. The van der Waals surface area contributed by atoms with E-state index < -0.39 is 17.4 Å². The number of nitrogens with one attached hydrogen (secondary N) is 2. The van der Waals surface area contributed by atoms with Gasteiger partial charge in [0.05, 0.1) is 19.4 Å². The molecule has 8 nitrogen and oxygen atoms in total. The number of methoxy groups -OCH3 is 1. The molecule has 1 aromatic heterocycles. The van der Waals surface area contributed by atoms with Gasteiger partial charge in [-0.3, -0.25) is 14.4 Å². The van der Waals surface area contributed by atoms with Crippen LogP contribution in [0.15, 0.2) is 48.5 Å². The van der Waals surface area contributed by atoms with E-state index >= 15 is 0 Å². The lowest BCUT2D eigenvalue weighted by Gasteiger charge is -2.30. The Balaban J connectivity index is 1.75. The van der Waals surface area contributed by atoms with Gasteiger partial charge in [0.25, 0.3) is 11.8 Å². The maximum atomic E-state index is 14.1. The molecule has 4 rings (SSSR count). The smallest absolute Gasteiger partial charge is 0.305 e. The average molecular weight is 492 g/mol. The maximum absolute atomic E-state index is 14.1. The number of rotatable bonds is 11. The highest BCUT2D eigenvalue weighted by atomic mass is 16.5. The van der Waals surface area contributed by atoms with E-state index in [1.165, 1.54) is 0 Å². The van der Waals surface area contributed by atoms with Gasteiger partial charge in [-0.25, -0.2) is 0 Å². The van der Waals surface area contributed by atoms with Crippen LogP contribution in [-0.2, 0) is 19.9 Å². The predicted molar refractivity (Wildman–Crippen MR) is 138 cm³/mol. The quantitative estimate of drug-likeness (QED) is 0.300. The molecule has 1 unspecified atom stereocenters. The summed E-state index contributed by atoms with van der Waals surface area (Å²) in [6, 6.07) is 14.8. The second kappa shape index (κ2) is 10.8. The molecule has 2 amide bonds. The van der Waals surface area contributed by atoms with Crippen LogP contribution in [0.3, 0.4) is 0 Å². The zero-order valence-corrected chi connectivity index (χ0v) is 21.1. The van der Waals surface area contributed by atoms with E-state index in [-0.39, 0.29) is 25.4 Å². The molecule has 2 aromatic carbocycles. The van der Waals surface area contributed by atoms with E-state index in [2.05, 4.69) is 17.2 Å². The number of esters is 1. The Morgan fingerprint density at radius 3 is 2.61 bits per heavy atom. The highest BCUT2D eigenvalue weighted by Gasteiger charge is 2.52. The van der Waals surface area contributed by atoms with Crippen molar-refractivity contribution in [3.05, 3.63) is 59.8 Å². The number of hydrogen-bond donors (Lipinski definition) is 2. The fraction of sp³-hybridized carbons (Fsp3) is 0.393. The van der Waals surface area contributed by atoms with Crippen LogP contribution < -0.4 is 15.0 Å². The number of anilines is 1. The number of carbonyl (C=O) groups is 3. The molecule has 0 spiro atoms. The third-order valence-corrected chi connectivity index (χ3v) is 6.66. The molecule has 1 atom stereocenters. The van der Waals surface area contributed by atoms with E-state index in [9.17, 15) is 14.4 Å². The van der Waals surface area contributed by atoms with Gasteiger partial charge in [-0.15, -0.1) is 0 Å². The zero-order chi connectivity index (χ0) is 25.7. The van der Waals surface area contributed by atoms with Gasteiger partial charge < -0.3 is 24.7 Å². The second-order valence-corrected chi connectivity index (χ2v) is 8.98. The van der Waals surface area contributed by atoms with Crippen LogP contribution in [-0.4, -0.2) is 43.0 Å². The number of aromatic nitrogens is 1. The van der Waals surface area contributed by atoms with Crippen molar-refractivity contribution < 1.29 is 23.9 Å². The van der Waals surface area contributed by atoms with Crippen LogP contribution >= 0.6 is 0 Å². The lowest BCUT2D eigenvalue weighted by atomic mass is 9.86. The number of benzene rings is 2. The molecule has 0 bridgehead atoms. The molecule has 8 heteroatoms. The first kappa shape index (κ1) is 25.3. The topological polar surface area (TPSA) is 101 Å². The van der Waals surface area contributed by atoms with Crippen LogP contribution in [0.2, 0.25) is 0 Å². The van der Waals surface area contributed by atoms with E-state index in [0.29, 0.717) is 29.2 Å². The van der Waals surface area contributed by atoms with Crippen molar-refractivity contribution >= 4 is 34.4 Å². The number of unbranched alkanes of at least 4 members (excludes halogenated alkanes) is 2. The summed E-state index contributed by atoms with van der Waals surface area (Å²) in [7, 11) is 1.58. The van der Waals surface area contributed by atoms with E-state index in [4.69, 9.17) is 9.47 Å². The predicted octanol–water partition coefficient (Wildman–Crippen LogP) is 4.68. The summed E-state index contributed by atoms with van der Waals surface area (Å²) >= 11 is 0. The highest BCUT2D eigenvalue weighted by molar-refractivity contribution is 6.11. The van der Waals surface area contributed by atoms with E-state index in [1.807, 2.05) is 36.4 Å². The Hall–Kier alpha value is -3.81. The Morgan fingerprint density at radius 2 is 1.89 bits per heavy atom. The summed E-state index contributed by atoms with van der Waals surface area (Å²) in [5, 5.41) is 3.92. The summed E-state index contributed by atoms with van der Waals surface area (Å²) in [6.07, 6.45) is 2.88. The lowest BCUT2D eigenvalue weighted by Crippen LogP contribution is -2.53. The average Bonchev–Trinajstić information content (AvgIpc) is 3.41. The second-order valence-electron chi connectivity index (χ2n) is 8.98. The standard InChI is InChI=1S/C28H33N3O5/c1-4-6-9-16-31-24-18-20(35-3)12-13-21(24)28(27(31)34,15-14-25(32)36-5-2)30-26(33)23-17-19-10-7-8-11-22(19)29-23/h7-8,10-13,17-18,29H,4-6,9,14-16H2,1-3H3,(H,30,33). The molecular weight excluding hydrogens is 458 g/mol. The fourth-order valence-corrected chi connectivity index (χ4v) is 4.82. The van der Waals surface area contributed by atoms with Gasteiger partial charge in [-0.1, -0.05) is 44.0 Å². The fourth-order valence-electron chi connectivity index (χ4n) is 4.82. The number of nitrogens with zero attached hydrogens (tertiary/aromatic N) is 1. The summed E-state index contributed by atoms with van der Waals surface area (Å²) in [4.78, 5) is 44.8. The van der Waals surface area contributed by atoms with Crippen molar-refractivity contribution in [2.24, 2.45) is 0 Å². The Morgan fingerprint density at radius 1 is 1.08 bits per heavy atom. The molecule has 1 aliphatic rings. The first-order valence-corrected chi connectivity index (χ1v) is 12.5. The monoisotopic (exact) mass is 491 g/mol. The van der Waals surface area contributed by atoms with Crippen molar-refractivity contribution in [3.63, 3.8) is 0 Å². The van der Waals surface area contributed by atoms with Gasteiger partial charge >= 0.3 is 5.97 Å². The van der Waals surface area contributed by atoms with Crippen LogP contribution in [0.4, 0.5) is 5.69 Å². The molecule has 0 saturated heterocycles. The lowest BCUT2D eigenvalue weighted by molar-refractivity contribution is -0.143. The van der Waals surface area contributed by atoms with E-state index in [1.54, 1.807) is 31.1 Å². The summed E-state index contributed by atoms with van der Waals surface area (Å²) in [5.74, 6) is -0.467.